The number of hydrogen-bond acceptors (Lipinski definition) is 2. The van der Waals surface area contributed by atoms with Gasteiger partial charge in [0.05, 0.1) is 33.4 Å². The summed E-state index contributed by atoms with van der Waals surface area (Å²) in [5, 5.41) is 12.3. The molecule has 0 saturated heterocycles. The average molecular weight is 312 g/mol. The van der Waals surface area contributed by atoms with Gasteiger partial charge in [-0.3, -0.25) is 0 Å². The molecule has 0 aliphatic heterocycles. The van der Waals surface area contributed by atoms with Crippen molar-refractivity contribution in [2.75, 3.05) is 27.7 Å². The average Bonchev–Trinajstić information content (AvgIpc) is 2.02. The first kappa shape index (κ1) is 14.2. The maximum Gasteiger partial charge on any atom is 0.0863 e. The minimum Gasteiger partial charge on any atom is -1.00 e. The molecule has 1 aliphatic carbocycles. The lowest BCUT2D eigenvalue weighted by atomic mass is 9.86. The summed E-state index contributed by atoms with van der Waals surface area (Å²) in [6.07, 6.45) is 4.65. The van der Waals surface area contributed by atoms with E-state index in [0.29, 0.717) is 5.92 Å². The van der Waals surface area contributed by atoms with Crippen LogP contribution < -0.4 is 24.0 Å². The largest absolute Gasteiger partial charge is 1.00 e. The van der Waals surface area contributed by atoms with Crippen LogP contribution in [0.1, 0.15) is 25.7 Å². The van der Waals surface area contributed by atoms with Gasteiger partial charge in [-0.1, -0.05) is 11.6 Å². The van der Waals surface area contributed by atoms with Crippen molar-refractivity contribution in [1.29, 1.82) is 0 Å². The number of nitrogens with zero attached hydrogens (tertiary/aromatic N) is 2. The Kier molecular flexibility index (Phi) is 5.97. The summed E-state index contributed by atoms with van der Waals surface area (Å²) in [6, 6.07) is 0. The van der Waals surface area contributed by atoms with Gasteiger partial charge in [-0.05, 0) is 19.3 Å². The smallest absolute Gasteiger partial charge is 0.0863 e. The molecule has 0 amide bonds. The molecule has 1 rings (SSSR count). The number of halogens is 1. The zero-order valence-corrected chi connectivity index (χ0v) is 11.5. The quantitative estimate of drug-likeness (QED) is 0.293. The zero-order chi connectivity index (χ0) is 9.90. The molecule has 0 heterocycles. The number of quaternary nitrogens is 1. The summed E-state index contributed by atoms with van der Waals surface area (Å²) in [6.45, 7) is 1.08. The Morgan fingerprint density at radius 1 is 1.36 bits per heavy atom. The van der Waals surface area contributed by atoms with Gasteiger partial charge in [-0.25, -0.2) is 0 Å². The lowest BCUT2D eigenvalue weighted by molar-refractivity contribution is -0.872. The number of oxime groups is 1. The van der Waals surface area contributed by atoms with E-state index in [1.165, 1.54) is 19.3 Å². The van der Waals surface area contributed by atoms with Crippen molar-refractivity contribution in [3.63, 3.8) is 0 Å². The van der Waals surface area contributed by atoms with Crippen LogP contribution in [-0.2, 0) is 0 Å². The van der Waals surface area contributed by atoms with Crippen LogP contribution in [-0.4, -0.2) is 43.1 Å². The molecule has 1 unspecified atom stereocenters. The SMILES string of the molecule is C[N+](C)(C)CC1CCCC/C1=N/O.[I-]. The highest BCUT2D eigenvalue weighted by Crippen LogP contribution is 2.23. The highest BCUT2D eigenvalue weighted by molar-refractivity contribution is 5.86. The standard InChI is InChI=1S/C10H20N2O.HI/c1-12(2,3)8-9-6-4-5-7-10(9)11-13;/h9H,4-8H2,1-3H3;1H/b11-10-;. The van der Waals surface area contributed by atoms with Crippen molar-refractivity contribution in [2.24, 2.45) is 11.1 Å². The second-order valence-corrected chi connectivity index (χ2v) is 5.01. The van der Waals surface area contributed by atoms with Crippen LogP contribution in [0.3, 0.4) is 0 Å². The first-order chi connectivity index (χ1) is 6.03. The zero-order valence-electron chi connectivity index (χ0n) is 9.33. The van der Waals surface area contributed by atoms with Gasteiger partial charge in [0.25, 0.3) is 0 Å². The van der Waals surface area contributed by atoms with Crippen molar-refractivity contribution < 1.29 is 33.7 Å². The first-order valence-corrected chi connectivity index (χ1v) is 5.04. The molecular weight excluding hydrogens is 291 g/mol. The molecule has 3 nitrogen and oxygen atoms in total. The van der Waals surface area contributed by atoms with Crippen LogP contribution in [0, 0.1) is 5.92 Å². The van der Waals surface area contributed by atoms with E-state index in [4.69, 9.17) is 5.21 Å². The van der Waals surface area contributed by atoms with Crippen molar-refractivity contribution in [3.8, 4) is 0 Å². The monoisotopic (exact) mass is 312 g/mol. The predicted octanol–water partition coefficient (Wildman–Crippen LogP) is -1.28. The highest BCUT2D eigenvalue weighted by atomic mass is 127. The molecule has 0 spiro atoms. The number of rotatable bonds is 2. The Labute approximate surface area is 104 Å². The molecule has 14 heavy (non-hydrogen) atoms. The molecule has 1 saturated carbocycles. The van der Waals surface area contributed by atoms with E-state index in [2.05, 4.69) is 26.3 Å². The van der Waals surface area contributed by atoms with Crippen LogP contribution >= 0.6 is 0 Å². The Hall–Kier alpha value is 0.160. The molecule has 1 fully saturated rings. The van der Waals surface area contributed by atoms with E-state index in [0.717, 1.165) is 23.2 Å². The van der Waals surface area contributed by atoms with Gasteiger partial charge in [-0.2, -0.15) is 0 Å². The minimum atomic E-state index is 0. The van der Waals surface area contributed by atoms with Crippen molar-refractivity contribution >= 4 is 5.71 Å². The third-order valence-electron chi connectivity index (χ3n) is 2.60. The normalized spacial score (nSPS) is 25.9. The fraction of sp³-hybridized carbons (Fsp3) is 0.900. The van der Waals surface area contributed by atoms with Crippen LogP contribution in [0.4, 0.5) is 0 Å². The molecule has 0 aromatic heterocycles. The fourth-order valence-electron chi connectivity index (χ4n) is 2.06. The van der Waals surface area contributed by atoms with Gasteiger partial charge in [-0.15, -0.1) is 0 Å². The van der Waals surface area contributed by atoms with E-state index in [1.807, 2.05) is 0 Å². The van der Waals surface area contributed by atoms with E-state index in [9.17, 15) is 0 Å². The lowest BCUT2D eigenvalue weighted by Crippen LogP contribution is -3.00. The topological polar surface area (TPSA) is 32.6 Å². The highest BCUT2D eigenvalue weighted by Gasteiger charge is 2.26. The molecule has 0 aromatic carbocycles. The van der Waals surface area contributed by atoms with Gasteiger partial charge in [0, 0.05) is 5.92 Å². The van der Waals surface area contributed by atoms with E-state index >= 15 is 0 Å². The van der Waals surface area contributed by atoms with Gasteiger partial charge in [0.2, 0.25) is 0 Å². The Bertz CT molecular complexity index is 199. The van der Waals surface area contributed by atoms with E-state index in [-0.39, 0.29) is 24.0 Å². The van der Waals surface area contributed by atoms with Gasteiger partial charge in [0.1, 0.15) is 0 Å². The second-order valence-electron chi connectivity index (χ2n) is 5.01. The maximum atomic E-state index is 8.84. The third kappa shape index (κ3) is 4.59. The Morgan fingerprint density at radius 2 is 2.00 bits per heavy atom. The summed E-state index contributed by atoms with van der Waals surface area (Å²) in [5.41, 5.74) is 1.01. The van der Waals surface area contributed by atoms with E-state index < -0.39 is 0 Å². The molecule has 4 heteroatoms. The van der Waals surface area contributed by atoms with Gasteiger partial charge >= 0.3 is 0 Å². The summed E-state index contributed by atoms with van der Waals surface area (Å²) >= 11 is 0. The van der Waals surface area contributed by atoms with E-state index in [1.54, 1.807) is 0 Å². The van der Waals surface area contributed by atoms with Gasteiger partial charge in [0.15, 0.2) is 0 Å². The van der Waals surface area contributed by atoms with Crippen LogP contribution in [0.15, 0.2) is 5.16 Å². The first-order valence-electron chi connectivity index (χ1n) is 5.04. The third-order valence-corrected chi connectivity index (χ3v) is 2.60. The minimum absolute atomic E-state index is 0. The molecule has 0 radical (unpaired) electrons. The fourth-order valence-corrected chi connectivity index (χ4v) is 2.06. The molecule has 0 bridgehead atoms. The molecule has 1 atom stereocenters. The molecule has 1 aliphatic rings. The molecule has 1 N–H and O–H groups in total. The summed E-state index contributed by atoms with van der Waals surface area (Å²) in [7, 11) is 6.55. The van der Waals surface area contributed by atoms with Crippen LogP contribution in [0.25, 0.3) is 0 Å². The maximum absolute atomic E-state index is 8.84. The van der Waals surface area contributed by atoms with Crippen molar-refractivity contribution in [3.05, 3.63) is 0 Å². The Balaban J connectivity index is 0.00000169. The van der Waals surface area contributed by atoms with Crippen molar-refractivity contribution in [1.82, 2.24) is 0 Å². The lowest BCUT2D eigenvalue weighted by Gasteiger charge is -2.31. The summed E-state index contributed by atoms with van der Waals surface area (Å²) in [5.74, 6) is 0.499. The second kappa shape index (κ2) is 5.90. The molecule has 0 aromatic rings. The molecule has 84 valence electrons. The van der Waals surface area contributed by atoms with Crippen LogP contribution in [0.5, 0.6) is 0 Å². The van der Waals surface area contributed by atoms with Gasteiger partial charge < -0.3 is 33.7 Å². The summed E-state index contributed by atoms with van der Waals surface area (Å²) in [4.78, 5) is 0. The summed E-state index contributed by atoms with van der Waals surface area (Å²) < 4.78 is 0.948. The Morgan fingerprint density at radius 3 is 2.50 bits per heavy atom. The van der Waals surface area contributed by atoms with Crippen molar-refractivity contribution in [2.45, 2.75) is 25.7 Å². The van der Waals surface area contributed by atoms with Crippen LogP contribution in [0.2, 0.25) is 0 Å². The predicted molar refractivity (Wildman–Crippen MR) is 54.1 cm³/mol. The molecular formula is C10H21IN2O. The number of hydrogen-bond donors (Lipinski definition) is 1.